The number of hydrogen-bond acceptors (Lipinski definition) is 5. The molecule has 1 N–H and O–H groups in total. The van der Waals surface area contributed by atoms with E-state index in [-0.39, 0.29) is 5.75 Å². The van der Waals surface area contributed by atoms with Crippen molar-refractivity contribution in [3.8, 4) is 5.75 Å². The lowest BCUT2D eigenvalue weighted by molar-refractivity contribution is -0.274. The molecule has 0 saturated heterocycles. The number of anilines is 1. The van der Waals surface area contributed by atoms with Gasteiger partial charge in [0.1, 0.15) is 12.1 Å². The Hall–Kier alpha value is -2.64. The van der Waals surface area contributed by atoms with E-state index in [1.54, 1.807) is 18.5 Å². The Balaban J connectivity index is 2.00. The van der Waals surface area contributed by atoms with Gasteiger partial charge in [-0.2, -0.15) is 5.10 Å². The van der Waals surface area contributed by atoms with Gasteiger partial charge >= 0.3 is 6.36 Å². The first-order chi connectivity index (χ1) is 9.53. The minimum absolute atomic E-state index is 0.319. The molecule has 0 saturated carbocycles. The van der Waals surface area contributed by atoms with Crippen LogP contribution in [0.4, 0.5) is 18.9 Å². The van der Waals surface area contributed by atoms with Crippen LogP contribution >= 0.6 is 0 Å². The molecule has 0 atom stereocenters. The minimum atomic E-state index is -4.72. The molecule has 5 nitrogen and oxygen atoms in total. The first-order valence-electron chi connectivity index (χ1n) is 5.43. The average molecular weight is 282 g/mol. The maximum atomic E-state index is 12.1. The van der Waals surface area contributed by atoms with Gasteiger partial charge in [0, 0.05) is 24.0 Å². The molecule has 2 rings (SSSR count). The molecule has 104 valence electrons. The number of nitrogens with one attached hydrogen (secondary N) is 1. The highest BCUT2D eigenvalue weighted by atomic mass is 19.4. The van der Waals surface area contributed by atoms with E-state index in [2.05, 4.69) is 25.2 Å². The molecule has 0 radical (unpaired) electrons. The van der Waals surface area contributed by atoms with Crippen molar-refractivity contribution in [1.29, 1.82) is 0 Å². The predicted octanol–water partition coefficient (Wildman–Crippen LogP) is 2.82. The second-order valence-corrected chi connectivity index (χ2v) is 3.62. The van der Waals surface area contributed by atoms with Crippen LogP contribution in [0.5, 0.6) is 5.75 Å². The first-order valence-corrected chi connectivity index (χ1v) is 5.43. The lowest BCUT2D eigenvalue weighted by Gasteiger charge is -2.09. The molecular weight excluding hydrogens is 273 g/mol. The molecule has 0 aliphatic heterocycles. The van der Waals surface area contributed by atoms with Crippen LogP contribution < -0.4 is 10.2 Å². The third-order valence-corrected chi connectivity index (χ3v) is 2.06. The summed E-state index contributed by atoms with van der Waals surface area (Å²) in [6.45, 7) is 0. The molecule has 0 aliphatic carbocycles. The van der Waals surface area contributed by atoms with E-state index in [1.165, 1.54) is 30.7 Å². The fourth-order valence-electron chi connectivity index (χ4n) is 1.32. The molecular formula is C12H9F3N4O. The van der Waals surface area contributed by atoms with E-state index >= 15 is 0 Å². The van der Waals surface area contributed by atoms with Crippen molar-refractivity contribution >= 4 is 11.9 Å². The van der Waals surface area contributed by atoms with Gasteiger partial charge in [-0.1, -0.05) is 6.07 Å². The normalized spacial score (nSPS) is 11.6. The number of rotatable bonds is 4. The summed E-state index contributed by atoms with van der Waals surface area (Å²) in [5.41, 5.74) is 3.60. The Labute approximate surface area is 112 Å². The predicted molar refractivity (Wildman–Crippen MR) is 66.4 cm³/mol. The molecule has 2 aromatic rings. The summed E-state index contributed by atoms with van der Waals surface area (Å²) in [5, 5.41) is 3.86. The van der Waals surface area contributed by atoms with E-state index in [1.807, 2.05) is 0 Å². The fourth-order valence-corrected chi connectivity index (χ4v) is 1.32. The summed E-state index contributed by atoms with van der Waals surface area (Å²) in [4.78, 5) is 7.58. The zero-order valence-corrected chi connectivity index (χ0v) is 10.0. The Bertz CT molecular complexity index is 587. The Morgan fingerprint density at radius 3 is 2.65 bits per heavy atom. The van der Waals surface area contributed by atoms with Crippen LogP contribution in [0.3, 0.4) is 0 Å². The Morgan fingerprint density at radius 2 is 1.95 bits per heavy atom. The molecule has 20 heavy (non-hydrogen) atoms. The highest BCUT2D eigenvalue weighted by Gasteiger charge is 2.31. The van der Waals surface area contributed by atoms with Gasteiger partial charge in [-0.25, -0.2) is 9.97 Å². The van der Waals surface area contributed by atoms with Crippen molar-refractivity contribution in [2.75, 3.05) is 5.43 Å². The third kappa shape index (κ3) is 4.56. The van der Waals surface area contributed by atoms with Gasteiger partial charge in [-0.05, 0) is 12.1 Å². The van der Waals surface area contributed by atoms with Crippen LogP contribution in [0.15, 0.2) is 48.1 Å². The van der Waals surface area contributed by atoms with Gasteiger partial charge < -0.3 is 4.74 Å². The Kier molecular flexibility index (Phi) is 4.14. The molecule has 0 amide bonds. The largest absolute Gasteiger partial charge is 0.573 e. The van der Waals surface area contributed by atoms with Crippen molar-refractivity contribution in [2.45, 2.75) is 6.36 Å². The molecule has 0 aliphatic rings. The fraction of sp³-hybridized carbons (Fsp3) is 0.0833. The molecule has 1 aromatic heterocycles. The number of benzene rings is 1. The molecule has 1 aromatic carbocycles. The van der Waals surface area contributed by atoms with Crippen molar-refractivity contribution in [3.63, 3.8) is 0 Å². The number of alkyl halides is 3. The SMILES string of the molecule is FC(F)(F)Oc1cccc(N/N=C\c2cncnc2)c1. The second kappa shape index (κ2) is 6.00. The first kappa shape index (κ1) is 13.8. The van der Waals surface area contributed by atoms with Crippen LogP contribution in [0.25, 0.3) is 0 Å². The quantitative estimate of drug-likeness (QED) is 0.692. The standard InChI is InChI=1S/C12H9F3N4O/c13-12(14,15)20-11-3-1-2-10(4-11)19-18-7-9-5-16-8-17-6-9/h1-8,19H/b18-7-. The highest BCUT2D eigenvalue weighted by Crippen LogP contribution is 2.24. The maximum absolute atomic E-state index is 12.1. The van der Waals surface area contributed by atoms with Crippen molar-refractivity contribution in [1.82, 2.24) is 9.97 Å². The summed E-state index contributed by atoms with van der Waals surface area (Å²) < 4.78 is 40.0. The van der Waals surface area contributed by atoms with Crippen molar-refractivity contribution < 1.29 is 17.9 Å². The molecule has 0 unspecified atom stereocenters. The zero-order valence-electron chi connectivity index (χ0n) is 10.0. The van der Waals surface area contributed by atoms with Gasteiger partial charge in [0.25, 0.3) is 0 Å². The smallest absolute Gasteiger partial charge is 0.406 e. The topological polar surface area (TPSA) is 59.4 Å². The van der Waals surface area contributed by atoms with Gasteiger partial charge in [0.2, 0.25) is 0 Å². The lowest BCUT2D eigenvalue weighted by Crippen LogP contribution is -2.17. The van der Waals surface area contributed by atoms with E-state index in [4.69, 9.17) is 0 Å². The maximum Gasteiger partial charge on any atom is 0.573 e. The molecule has 1 heterocycles. The van der Waals surface area contributed by atoms with Crippen LogP contribution in [0.2, 0.25) is 0 Å². The van der Waals surface area contributed by atoms with Gasteiger partial charge in [-0.15, -0.1) is 13.2 Å². The zero-order chi connectivity index (χ0) is 14.4. The molecule has 0 spiro atoms. The molecule has 0 bridgehead atoms. The highest BCUT2D eigenvalue weighted by molar-refractivity contribution is 5.79. The summed E-state index contributed by atoms with van der Waals surface area (Å²) in [6.07, 6.45) is 1.19. The van der Waals surface area contributed by atoms with Crippen LogP contribution in [-0.2, 0) is 0 Å². The summed E-state index contributed by atoms with van der Waals surface area (Å²) in [6, 6.07) is 5.37. The minimum Gasteiger partial charge on any atom is -0.406 e. The second-order valence-electron chi connectivity index (χ2n) is 3.62. The summed E-state index contributed by atoms with van der Waals surface area (Å²) in [5.74, 6) is -0.319. The van der Waals surface area contributed by atoms with Crippen LogP contribution in [-0.4, -0.2) is 22.5 Å². The van der Waals surface area contributed by atoms with Crippen molar-refractivity contribution in [3.05, 3.63) is 48.5 Å². The lowest BCUT2D eigenvalue weighted by atomic mass is 10.3. The van der Waals surface area contributed by atoms with Crippen LogP contribution in [0.1, 0.15) is 5.56 Å². The number of ether oxygens (including phenoxy) is 1. The average Bonchev–Trinajstić information content (AvgIpc) is 2.38. The number of aromatic nitrogens is 2. The van der Waals surface area contributed by atoms with Gasteiger partial charge in [-0.3, -0.25) is 5.43 Å². The monoisotopic (exact) mass is 282 g/mol. The van der Waals surface area contributed by atoms with E-state index in [0.717, 1.165) is 0 Å². The van der Waals surface area contributed by atoms with E-state index < -0.39 is 6.36 Å². The number of hydrazone groups is 1. The van der Waals surface area contributed by atoms with Gasteiger partial charge in [0.15, 0.2) is 0 Å². The van der Waals surface area contributed by atoms with E-state index in [9.17, 15) is 13.2 Å². The number of halogens is 3. The molecule has 8 heteroatoms. The van der Waals surface area contributed by atoms with E-state index in [0.29, 0.717) is 11.3 Å². The summed E-state index contributed by atoms with van der Waals surface area (Å²) >= 11 is 0. The third-order valence-electron chi connectivity index (χ3n) is 2.06. The van der Waals surface area contributed by atoms with Gasteiger partial charge in [0.05, 0.1) is 11.9 Å². The number of hydrogen-bond donors (Lipinski definition) is 1. The van der Waals surface area contributed by atoms with Crippen molar-refractivity contribution in [2.24, 2.45) is 5.10 Å². The van der Waals surface area contributed by atoms with Crippen LogP contribution in [0, 0.1) is 0 Å². The summed E-state index contributed by atoms with van der Waals surface area (Å²) in [7, 11) is 0. The Morgan fingerprint density at radius 1 is 1.20 bits per heavy atom. The molecule has 0 fully saturated rings. The number of nitrogens with zero attached hydrogens (tertiary/aromatic N) is 3.